The van der Waals surface area contributed by atoms with Crippen LogP contribution in [-0.2, 0) is 6.42 Å². The number of aryl methyl sites for hydroxylation is 1. The van der Waals surface area contributed by atoms with Gasteiger partial charge in [-0.05, 0) is 44.2 Å². The molecule has 1 aliphatic rings. The first kappa shape index (κ1) is 27.2. The van der Waals surface area contributed by atoms with E-state index in [4.69, 9.17) is 0 Å². The molecule has 1 aliphatic carbocycles. The van der Waals surface area contributed by atoms with Crippen molar-refractivity contribution >= 4 is 14.7 Å². The highest BCUT2D eigenvalue weighted by molar-refractivity contribution is 6.61. The molecular weight excluding hydrogens is 400 g/mol. The number of unbranched alkanes of at least 4 members (excludes halogenated alkanes) is 15. The Bertz CT molecular complexity index is 682. The number of hydrogen-bond donors (Lipinski definition) is 0. The highest BCUT2D eigenvalue weighted by Gasteiger charge is 2.11. The lowest BCUT2D eigenvalue weighted by molar-refractivity contribution is 0.529. The molecule has 0 saturated carbocycles. The molecule has 2 radical (unpaired) electrons. The van der Waals surface area contributed by atoms with Crippen molar-refractivity contribution in [3.8, 4) is 0 Å². The number of rotatable bonds is 19. The van der Waals surface area contributed by atoms with E-state index in [1.807, 2.05) is 0 Å². The molecule has 0 unspecified atom stereocenters. The van der Waals surface area contributed by atoms with Crippen molar-refractivity contribution in [2.45, 2.75) is 136 Å². The Balaban J connectivity index is 1.46. The lowest BCUT2D eigenvalue weighted by Gasteiger charge is -2.13. The third-order valence-electron chi connectivity index (χ3n) is 7.03. The molecule has 0 N–H and O–H groups in total. The maximum Gasteiger partial charge on any atom is 0.116 e. The fourth-order valence-electron chi connectivity index (χ4n) is 4.92. The highest BCUT2D eigenvalue weighted by Crippen LogP contribution is 2.18. The van der Waals surface area contributed by atoms with Crippen molar-refractivity contribution in [2.75, 3.05) is 0 Å². The molecule has 1 aromatic carbocycles. The first-order valence-electron chi connectivity index (χ1n) is 13.9. The zero-order valence-corrected chi connectivity index (χ0v) is 22.6. The average Bonchev–Trinajstić information content (AvgIpc) is 3.19. The van der Waals surface area contributed by atoms with Crippen molar-refractivity contribution in [1.29, 1.82) is 0 Å². The minimum absolute atomic E-state index is 0.859. The molecule has 0 bridgehead atoms. The molecule has 0 aromatic heterocycles. The molecule has 0 heterocycles. The Morgan fingerprint density at radius 1 is 0.688 bits per heavy atom. The molecule has 2 rings (SSSR count). The summed E-state index contributed by atoms with van der Waals surface area (Å²) < 4.78 is 0. The SMILES string of the molecule is CCCCCCCCCCCCCCCCCCc1c(C)cccc1[Si]C1=CC(C)=CC1. The van der Waals surface area contributed by atoms with Gasteiger partial charge >= 0.3 is 0 Å². The summed E-state index contributed by atoms with van der Waals surface area (Å²) in [5.74, 6) is 0. The lowest BCUT2D eigenvalue weighted by Crippen LogP contribution is -2.22. The fourth-order valence-corrected chi connectivity index (χ4v) is 6.43. The first-order chi connectivity index (χ1) is 15.7. The Kier molecular flexibility index (Phi) is 14.8. The van der Waals surface area contributed by atoms with Gasteiger partial charge in [0.25, 0.3) is 0 Å². The summed E-state index contributed by atoms with van der Waals surface area (Å²) in [5, 5.41) is 3.21. The van der Waals surface area contributed by atoms with E-state index in [0.717, 1.165) is 15.9 Å². The van der Waals surface area contributed by atoms with Gasteiger partial charge in [0.2, 0.25) is 0 Å². The van der Waals surface area contributed by atoms with Gasteiger partial charge in [-0.2, -0.15) is 0 Å². The van der Waals surface area contributed by atoms with Crippen molar-refractivity contribution in [3.63, 3.8) is 0 Å². The topological polar surface area (TPSA) is 0 Å². The highest BCUT2D eigenvalue weighted by atomic mass is 28.2. The molecule has 0 saturated heterocycles. The Morgan fingerprint density at radius 3 is 1.72 bits per heavy atom. The molecule has 0 aliphatic heterocycles. The summed E-state index contributed by atoms with van der Waals surface area (Å²) in [4.78, 5) is 0. The van der Waals surface area contributed by atoms with Gasteiger partial charge < -0.3 is 0 Å². The average molecular weight is 451 g/mol. The van der Waals surface area contributed by atoms with Gasteiger partial charge in [0.1, 0.15) is 9.52 Å². The van der Waals surface area contributed by atoms with Gasteiger partial charge in [-0.25, -0.2) is 0 Å². The normalized spacial score (nSPS) is 13.5. The smallest absolute Gasteiger partial charge is 0.0779 e. The molecular formula is C31H50Si. The summed E-state index contributed by atoms with van der Waals surface area (Å²) >= 11 is 0. The van der Waals surface area contributed by atoms with Crippen molar-refractivity contribution in [2.24, 2.45) is 0 Å². The van der Waals surface area contributed by atoms with E-state index >= 15 is 0 Å². The van der Waals surface area contributed by atoms with Crippen LogP contribution in [0, 0.1) is 6.92 Å². The van der Waals surface area contributed by atoms with E-state index in [0.29, 0.717) is 0 Å². The fraction of sp³-hybridized carbons (Fsp3) is 0.677. The van der Waals surface area contributed by atoms with Gasteiger partial charge in [-0.3, -0.25) is 0 Å². The summed E-state index contributed by atoms with van der Waals surface area (Å²) in [5.41, 5.74) is 4.58. The second-order valence-corrected chi connectivity index (χ2v) is 11.5. The van der Waals surface area contributed by atoms with Crippen LogP contribution in [0.5, 0.6) is 0 Å². The number of hydrogen-bond acceptors (Lipinski definition) is 0. The van der Waals surface area contributed by atoms with Gasteiger partial charge in [0.05, 0.1) is 0 Å². The Labute approximate surface area is 203 Å². The van der Waals surface area contributed by atoms with E-state index in [1.54, 1.807) is 15.9 Å². The van der Waals surface area contributed by atoms with E-state index in [-0.39, 0.29) is 0 Å². The summed E-state index contributed by atoms with van der Waals surface area (Å²) in [6.45, 7) is 6.84. The predicted molar refractivity (Wildman–Crippen MR) is 146 cm³/mol. The first-order valence-corrected chi connectivity index (χ1v) is 14.9. The molecule has 0 nitrogen and oxygen atoms in total. The van der Waals surface area contributed by atoms with Crippen LogP contribution in [0.2, 0.25) is 0 Å². The Hall–Kier alpha value is -1.08. The minimum atomic E-state index is 0.859. The van der Waals surface area contributed by atoms with Crippen LogP contribution in [0.4, 0.5) is 0 Å². The van der Waals surface area contributed by atoms with Crippen LogP contribution in [-0.4, -0.2) is 9.52 Å². The zero-order valence-electron chi connectivity index (χ0n) is 21.6. The van der Waals surface area contributed by atoms with Crippen molar-refractivity contribution in [1.82, 2.24) is 0 Å². The van der Waals surface area contributed by atoms with Crippen LogP contribution in [0.1, 0.15) is 134 Å². The second-order valence-electron chi connectivity index (χ2n) is 10.1. The lowest BCUT2D eigenvalue weighted by atomic mass is 10.0. The quantitative estimate of drug-likeness (QED) is 0.145. The zero-order chi connectivity index (χ0) is 22.9. The van der Waals surface area contributed by atoms with Crippen LogP contribution >= 0.6 is 0 Å². The molecule has 178 valence electrons. The van der Waals surface area contributed by atoms with E-state index < -0.39 is 0 Å². The van der Waals surface area contributed by atoms with Gasteiger partial charge in [-0.15, -0.1) is 0 Å². The molecule has 32 heavy (non-hydrogen) atoms. The standard InChI is InChI=1S/C31H50Si/c1-4-5-6-7-8-9-10-11-12-13-14-15-16-17-18-19-22-30-28(3)21-20-23-31(30)32-29-25-24-27(2)26-29/h20-21,23-24,26H,4-19,22,25H2,1-3H3. The second kappa shape index (κ2) is 17.4. The molecule has 0 spiro atoms. The van der Waals surface area contributed by atoms with E-state index in [9.17, 15) is 0 Å². The van der Waals surface area contributed by atoms with Gasteiger partial charge in [0, 0.05) is 0 Å². The summed E-state index contributed by atoms with van der Waals surface area (Å²) in [6, 6.07) is 6.94. The maximum absolute atomic E-state index is 2.40. The van der Waals surface area contributed by atoms with Gasteiger partial charge in [0.15, 0.2) is 0 Å². The summed E-state index contributed by atoms with van der Waals surface area (Å²) in [7, 11) is 0.859. The van der Waals surface area contributed by atoms with Crippen LogP contribution in [0.15, 0.2) is 41.1 Å². The largest absolute Gasteiger partial charge is 0.116 e. The van der Waals surface area contributed by atoms with E-state index in [1.165, 1.54) is 120 Å². The van der Waals surface area contributed by atoms with Crippen molar-refractivity contribution < 1.29 is 0 Å². The molecule has 1 heteroatoms. The van der Waals surface area contributed by atoms with E-state index in [2.05, 4.69) is 51.1 Å². The third-order valence-corrected chi connectivity index (χ3v) is 8.44. The molecule has 0 amide bonds. The number of allylic oxidation sites excluding steroid dienone is 4. The summed E-state index contributed by atoms with van der Waals surface area (Å²) in [6.07, 6.45) is 30.3. The molecule has 0 atom stereocenters. The van der Waals surface area contributed by atoms with Crippen molar-refractivity contribution in [3.05, 3.63) is 52.2 Å². The predicted octanol–water partition coefficient (Wildman–Crippen LogP) is 9.36. The van der Waals surface area contributed by atoms with Crippen LogP contribution in [0.25, 0.3) is 0 Å². The van der Waals surface area contributed by atoms with Gasteiger partial charge in [-0.1, -0.05) is 150 Å². The number of benzene rings is 1. The van der Waals surface area contributed by atoms with Crippen LogP contribution in [0.3, 0.4) is 0 Å². The van der Waals surface area contributed by atoms with Crippen LogP contribution < -0.4 is 5.19 Å². The minimum Gasteiger partial charge on any atom is -0.0779 e. The molecule has 1 aromatic rings. The monoisotopic (exact) mass is 450 g/mol. The maximum atomic E-state index is 2.40. The Morgan fingerprint density at radius 2 is 1.22 bits per heavy atom. The molecule has 0 fully saturated rings. The third kappa shape index (κ3) is 11.7.